The van der Waals surface area contributed by atoms with Crippen LogP contribution in [-0.2, 0) is 19.1 Å². The normalized spacial score (nSPS) is 11.0. The summed E-state index contributed by atoms with van der Waals surface area (Å²) in [6.45, 7) is 1.85. The molecule has 31 heavy (non-hydrogen) atoms. The summed E-state index contributed by atoms with van der Waals surface area (Å²) in [5, 5.41) is 15.0. The predicted molar refractivity (Wildman–Crippen MR) is 118 cm³/mol. The molecule has 0 saturated carbocycles. The summed E-state index contributed by atoms with van der Waals surface area (Å²) < 4.78 is 10.9. The summed E-state index contributed by atoms with van der Waals surface area (Å²) in [6.07, 6.45) is 0.478. The van der Waals surface area contributed by atoms with Gasteiger partial charge in [0.15, 0.2) is 0 Å². The van der Waals surface area contributed by atoms with E-state index in [0.717, 1.165) is 4.47 Å². The zero-order valence-corrected chi connectivity index (χ0v) is 18.6. The van der Waals surface area contributed by atoms with Gasteiger partial charge in [-0.25, -0.2) is 4.79 Å². The Kier molecular flexibility index (Phi) is 9.70. The van der Waals surface area contributed by atoms with Crippen LogP contribution in [0.15, 0.2) is 58.2 Å². The molecule has 0 fully saturated rings. The van der Waals surface area contributed by atoms with E-state index in [-0.39, 0.29) is 37.7 Å². The lowest BCUT2D eigenvalue weighted by Crippen LogP contribution is -2.16. The molecule has 2 aromatic carbocycles. The van der Waals surface area contributed by atoms with E-state index in [1.165, 1.54) is 0 Å². The first kappa shape index (κ1) is 24.1. The van der Waals surface area contributed by atoms with Gasteiger partial charge in [-0.2, -0.15) is 0 Å². The van der Waals surface area contributed by atoms with E-state index in [9.17, 15) is 14.4 Å². The van der Waals surface area contributed by atoms with E-state index < -0.39 is 11.9 Å². The lowest BCUT2D eigenvalue weighted by Gasteiger charge is -2.08. The molecule has 0 unspecified atom stereocenters. The van der Waals surface area contributed by atoms with Crippen LogP contribution < -0.4 is 5.32 Å². The minimum absolute atomic E-state index is 0.0499. The van der Waals surface area contributed by atoms with Crippen molar-refractivity contribution in [1.82, 2.24) is 0 Å². The van der Waals surface area contributed by atoms with Crippen LogP contribution in [0, 0.1) is 0 Å². The van der Waals surface area contributed by atoms with Gasteiger partial charge in [-0.05, 0) is 49.7 Å². The maximum absolute atomic E-state index is 12.0. The van der Waals surface area contributed by atoms with Crippen molar-refractivity contribution < 1.29 is 29.1 Å². The number of oxime groups is 1. The van der Waals surface area contributed by atoms with E-state index in [4.69, 9.17) is 14.7 Å². The predicted octanol–water partition coefficient (Wildman–Crippen LogP) is 4.16. The minimum Gasteiger partial charge on any atom is -0.462 e. The summed E-state index contributed by atoms with van der Waals surface area (Å²) in [6, 6.07) is 13.4. The Balaban J connectivity index is 1.71. The lowest BCUT2D eigenvalue weighted by molar-refractivity contribution is -0.142. The molecule has 1 amide bonds. The Morgan fingerprint density at radius 1 is 0.968 bits per heavy atom. The van der Waals surface area contributed by atoms with Gasteiger partial charge in [0.1, 0.15) is 12.3 Å². The molecule has 0 aliphatic rings. The molecule has 8 nitrogen and oxygen atoms in total. The van der Waals surface area contributed by atoms with Crippen molar-refractivity contribution in [2.45, 2.75) is 26.2 Å². The van der Waals surface area contributed by atoms with Crippen molar-refractivity contribution in [1.29, 1.82) is 0 Å². The van der Waals surface area contributed by atoms with Crippen molar-refractivity contribution in [2.75, 3.05) is 18.5 Å². The molecule has 2 aromatic rings. The molecule has 2 N–H and O–H groups in total. The number of nitrogens with zero attached hydrogens (tertiary/aromatic N) is 1. The number of hydrogen-bond donors (Lipinski definition) is 2. The monoisotopic (exact) mass is 490 g/mol. The second kappa shape index (κ2) is 12.5. The molecule has 0 saturated heterocycles. The standard InChI is InChI=1S/C22H23BrN2O6/c1-2-30-22(28)16-8-12-18(13-9-16)24-20(26)4-3-5-21(27)31-14-19(25-29)15-6-10-17(23)11-7-15/h6-13,29H,2-5,14H2,1H3,(H,24,26)/b25-19+. The number of halogens is 1. The van der Waals surface area contributed by atoms with Gasteiger partial charge in [0.25, 0.3) is 0 Å². The summed E-state index contributed by atoms with van der Waals surface area (Å²) in [5.74, 6) is -1.18. The Labute approximate surface area is 188 Å². The molecule has 0 aromatic heterocycles. The van der Waals surface area contributed by atoms with Crippen molar-refractivity contribution in [2.24, 2.45) is 5.16 Å². The molecule has 0 aliphatic heterocycles. The van der Waals surface area contributed by atoms with Gasteiger partial charge in [0.05, 0.1) is 12.2 Å². The average molecular weight is 491 g/mol. The van der Waals surface area contributed by atoms with E-state index in [0.29, 0.717) is 23.2 Å². The number of esters is 2. The number of ether oxygens (including phenoxy) is 2. The molecule has 9 heteroatoms. The van der Waals surface area contributed by atoms with Gasteiger partial charge in [0, 0.05) is 28.6 Å². The van der Waals surface area contributed by atoms with Crippen LogP contribution in [0.4, 0.5) is 5.69 Å². The lowest BCUT2D eigenvalue weighted by atomic mass is 10.1. The largest absolute Gasteiger partial charge is 0.462 e. The maximum atomic E-state index is 12.0. The molecule has 0 aliphatic carbocycles. The molecule has 164 valence electrons. The average Bonchev–Trinajstić information content (AvgIpc) is 2.76. The number of carbonyl (C=O) groups is 3. The van der Waals surface area contributed by atoms with Crippen LogP contribution in [0.1, 0.15) is 42.1 Å². The summed E-state index contributed by atoms with van der Waals surface area (Å²) >= 11 is 3.32. The number of anilines is 1. The Hall–Kier alpha value is -3.20. The third-order valence-corrected chi connectivity index (χ3v) is 4.66. The second-order valence-corrected chi connectivity index (χ2v) is 7.33. The van der Waals surface area contributed by atoms with Crippen LogP contribution in [0.5, 0.6) is 0 Å². The van der Waals surface area contributed by atoms with Gasteiger partial charge in [-0.3, -0.25) is 9.59 Å². The van der Waals surface area contributed by atoms with E-state index in [2.05, 4.69) is 26.4 Å². The number of carbonyl (C=O) groups excluding carboxylic acids is 3. The summed E-state index contributed by atoms with van der Waals surface area (Å²) in [4.78, 5) is 35.5. The smallest absolute Gasteiger partial charge is 0.338 e. The highest BCUT2D eigenvalue weighted by Gasteiger charge is 2.11. The Bertz CT molecular complexity index is 926. The molecule has 0 atom stereocenters. The molecule has 0 radical (unpaired) electrons. The van der Waals surface area contributed by atoms with Gasteiger partial charge in [0.2, 0.25) is 5.91 Å². The fourth-order valence-electron chi connectivity index (χ4n) is 2.55. The third-order valence-electron chi connectivity index (χ3n) is 4.13. The number of nitrogens with one attached hydrogen (secondary N) is 1. The highest BCUT2D eigenvalue weighted by molar-refractivity contribution is 9.10. The molecule has 0 spiro atoms. The van der Waals surface area contributed by atoms with Crippen LogP contribution >= 0.6 is 15.9 Å². The molecule has 0 heterocycles. The topological polar surface area (TPSA) is 114 Å². The highest BCUT2D eigenvalue weighted by Crippen LogP contribution is 2.13. The Morgan fingerprint density at radius 2 is 1.61 bits per heavy atom. The molecular weight excluding hydrogens is 468 g/mol. The van der Waals surface area contributed by atoms with Crippen LogP contribution in [0.2, 0.25) is 0 Å². The quantitative estimate of drug-likeness (QED) is 0.223. The van der Waals surface area contributed by atoms with Crippen LogP contribution in [0.25, 0.3) is 0 Å². The van der Waals surface area contributed by atoms with Gasteiger partial charge < -0.3 is 20.0 Å². The molecular formula is C22H23BrN2O6. The fraction of sp³-hybridized carbons (Fsp3) is 0.273. The number of rotatable bonds is 10. The maximum Gasteiger partial charge on any atom is 0.338 e. The van der Waals surface area contributed by atoms with E-state index in [1.54, 1.807) is 55.5 Å². The minimum atomic E-state index is -0.496. The first-order valence-corrected chi connectivity index (χ1v) is 10.4. The van der Waals surface area contributed by atoms with Gasteiger partial charge in [-0.15, -0.1) is 0 Å². The van der Waals surface area contributed by atoms with Gasteiger partial charge >= 0.3 is 11.9 Å². The third kappa shape index (κ3) is 8.21. The summed E-state index contributed by atoms with van der Waals surface area (Å²) in [5.41, 5.74) is 1.80. The van der Waals surface area contributed by atoms with Crippen molar-refractivity contribution in [3.05, 3.63) is 64.1 Å². The van der Waals surface area contributed by atoms with Crippen molar-refractivity contribution in [3.63, 3.8) is 0 Å². The van der Waals surface area contributed by atoms with Gasteiger partial charge in [-0.1, -0.05) is 33.2 Å². The molecule has 2 rings (SSSR count). The van der Waals surface area contributed by atoms with E-state index in [1.807, 2.05) is 0 Å². The van der Waals surface area contributed by atoms with Crippen molar-refractivity contribution in [3.8, 4) is 0 Å². The number of amides is 1. The highest BCUT2D eigenvalue weighted by atomic mass is 79.9. The number of benzene rings is 2. The zero-order valence-electron chi connectivity index (χ0n) is 17.0. The Morgan fingerprint density at radius 3 is 2.23 bits per heavy atom. The van der Waals surface area contributed by atoms with Crippen molar-refractivity contribution >= 4 is 45.2 Å². The summed E-state index contributed by atoms with van der Waals surface area (Å²) in [7, 11) is 0. The van der Waals surface area contributed by atoms with Crippen LogP contribution in [-0.4, -0.2) is 42.0 Å². The van der Waals surface area contributed by atoms with Crippen LogP contribution in [0.3, 0.4) is 0 Å². The fourth-order valence-corrected chi connectivity index (χ4v) is 2.82. The first-order chi connectivity index (χ1) is 14.9. The van der Waals surface area contributed by atoms with E-state index >= 15 is 0 Å². The zero-order chi connectivity index (χ0) is 22.6. The first-order valence-electron chi connectivity index (χ1n) is 9.62. The molecule has 0 bridgehead atoms. The number of hydrogen-bond acceptors (Lipinski definition) is 7. The SMILES string of the molecule is CCOC(=O)c1ccc(NC(=O)CCCC(=O)OC/C(=N\O)c2ccc(Br)cc2)cc1. The second-order valence-electron chi connectivity index (χ2n) is 6.41.